The average Bonchev–Trinajstić information content (AvgIpc) is 2.74. The van der Waals surface area contributed by atoms with Crippen LogP contribution in [0.25, 0.3) is 0 Å². The second-order valence-corrected chi connectivity index (χ2v) is 6.59. The van der Waals surface area contributed by atoms with Crippen molar-refractivity contribution in [3.8, 4) is 5.75 Å². The van der Waals surface area contributed by atoms with Gasteiger partial charge in [-0.05, 0) is 35.2 Å². The third-order valence-corrected chi connectivity index (χ3v) is 5.01. The number of carbonyl (C=O) groups excluding carboxylic acids is 1. The van der Waals surface area contributed by atoms with Crippen LogP contribution in [0.1, 0.15) is 22.7 Å². The summed E-state index contributed by atoms with van der Waals surface area (Å²) >= 11 is 0. The number of rotatable bonds is 3. The van der Waals surface area contributed by atoms with Crippen molar-refractivity contribution in [3.05, 3.63) is 95.6 Å². The summed E-state index contributed by atoms with van der Waals surface area (Å²) in [6, 6.07) is 25.8. The van der Waals surface area contributed by atoms with E-state index in [-0.39, 0.29) is 12.1 Å². The molecule has 4 heteroatoms. The number of amides is 2. The van der Waals surface area contributed by atoms with Gasteiger partial charge in [-0.2, -0.15) is 0 Å². The van der Waals surface area contributed by atoms with Gasteiger partial charge in [0.15, 0.2) is 0 Å². The van der Waals surface area contributed by atoms with Gasteiger partial charge in [0.1, 0.15) is 5.75 Å². The number of benzene rings is 3. The van der Waals surface area contributed by atoms with Crippen LogP contribution in [-0.2, 0) is 6.42 Å². The molecule has 4 rings (SSSR count). The average molecular weight is 358 g/mol. The SMILES string of the molecule is COc1ccccc1NC(=O)N1CCc2ccccc2[C@@H]1c1ccccc1. The van der Waals surface area contributed by atoms with Gasteiger partial charge < -0.3 is 15.0 Å². The Bertz CT molecular complexity index is 940. The molecule has 136 valence electrons. The monoisotopic (exact) mass is 358 g/mol. The number of nitrogens with zero attached hydrogens (tertiary/aromatic N) is 1. The van der Waals surface area contributed by atoms with E-state index >= 15 is 0 Å². The Morgan fingerprint density at radius 1 is 0.963 bits per heavy atom. The lowest BCUT2D eigenvalue weighted by atomic mass is 9.88. The smallest absolute Gasteiger partial charge is 0.322 e. The van der Waals surface area contributed by atoms with Gasteiger partial charge in [0, 0.05) is 6.54 Å². The molecular weight excluding hydrogens is 336 g/mol. The molecule has 2 amide bonds. The molecule has 4 nitrogen and oxygen atoms in total. The third-order valence-electron chi connectivity index (χ3n) is 5.01. The molecule has 1 N–H and O–H groups in total. The molecule has 1 aliphatic heterocycles. The first-order valence-electron chi connectivity index (χ1n) is 9.11. The molecule has 0 saturated heterocycles. The van der Waals surface area contributed by atoms with Crippen LogP contribution in [-0.4, -0.2) is 24.6 Å². The number of ether oxygens (including phenoxy) is 1. The minimum atomic E-state index is -0.122. The van der Waals surface area contributed by atoms with Crippen molar-refractivity contribution >= 4 is 11.7 Å². The van der Waals surface area contributed by atoms with Crippen LogP contribution in [0.5, 0.6) is 5.75 Å². The fourth-order valence-corrected chi connectivity index (χ4v) is 3.72. The Labute approximate surface area is 159 Å². The largest absolute Gasteiger partial charge is 0.495 e. The molecule has 0 spiro atoms. The van der Waals surface area contributed by atoms with Crippen LogP contribution in [0.15, 0.2) is 78.9 Å². The molecule has 0 radical (unpaired) electrons. The van der Waals surface area contributed by atoms with Crippen LogP contribution in [0, 0.1) is 0 Å². The second-order valence-electron chi connectivity index (χ2n) is 6.59. The summed E-state index contributed by atoms with van der Waals surface area (Å²) in [5.74, 6) is 0.652. The molecule has 0 saturated carbocycles. The van der Waals surface area contributed by atoms with Crippen molar-refractivity contribution in [2.24, 2.45) is 0 Å². The predicted octanol–water partition coefficient (Wildman–Crippen LogP) is 4.87. The van der Waals surface area contributed by atoms with E-state index in [1.54, 1.807) is 7.11 Å². The Kier molecular flexibility index (Phi) is 4.79. The molecule has 0 bridgehead atoms. The quantitative estimate of drug-likeness (QED) is 0.725. The van der Waals surface area contributed by atoms with E-state index in [9.17, 15) is 4.79 Å². The summed E-state index contributed by atoms with van der Waals surface area (Å²) < 4.78 is 5.37. The minimum absolute atomic E-state index is 0.106. The number of nitrogens with one attached hydrogen (secondary N) is 1. The Hall–Kier alpha value is -3.27. The van der Waals surface area contributed by atoms with Crippen molar-refractivity contribution in [3.63, 3.8) is 0 Å². The summed E-state index contributed by atoms with van der Waals surface area (Å²) in [5.41, 5.74) is 4.27. The van der Waals surface area contributed by atoms with Crippen LogP contribution in [0.3, 0.4) is 0 Å². The van der Waals surface area contributed by atoms with E-state index < -0.39 is 0 Å². The van der Waals surface area contributed by atoms with Crippen molar-refractivity contribution in [2.75, 3.05) is 19.0 Å². The Morgan fingerprint density at radius 3 is 2.48 bits per heavy atom. The molecule has 3 aromatic carbocycles. The highest BCUT2D eigenvalue weighted by atomic mass is 16.5. The molecule has 3 aromatic rings. The van der Waals surface area contributed by atoms with Gasteiger partial charge in [-0.3, -0.25) is 0 Å². The van der Waals surface area contributed by atoms with Gasteiger partial charge >= 0.3 is 6.03 Å². The topological polar surface area (TPSA) is 41.6 Å². The van der Waals surface area contributed by atoms with Crippen molar-refractivity contribution in [2.45, 2.75) is 12.5 Å². The first-order chi connectivity index (χ1) is 13.3. The molecule has 0 fully saturated rings. The van der Waals surface area contributed by atoms with Crippen molar-refractivity contribution < 1.29 is 9.53 Å². The second kappa shape index (κ2) is 7.54. The zero-order chi connectivity index (χ0) is 18.6. The van der Waals surface area contributed by atoms with Gasteiger partial charge in [-0.15, -0.1) is 0 Å². The normalized spacial score (nSPS) is 15.7. The van der Waals surface area contributed by atoms with Crippen molar-refractivity contribution in [1.82, 2.24) is 4.90 Å². The van der Waals surface area contributed by atoms with Crippen LogP contribution in [0.4, 0.5) is 10.5 Å². The number of fused-ring (bicyclic) bond motifs is 1. The fraction of sp³-hybridized carbons (Fsp3) is 0.174. The van der Waals surface area contributed by atoms with E-state index in [4.69, 9.17) is 4.74 Å². The first kappa shape index (κ1) is 17.2. The number of methoxy groups -OCH3 is 1. The van der Waals surface area contributed by atoms with Gasteiger partial charge in [0.2, 0.25) is 0 Å². The molecular formula is C23H22N2O2. The molecule has 1 atom stereocenters. The van der Waals surface area contributed by atoms with E-state index in [1.165, 1.54) is 11.1 Å². The summed E-state index contributed by atoms with van der Waals surface area (Å²) in [6.45, 7) is 0.664. The summed E-state index contributed by atoms with van der Waals surface area (Å²) in [4.78, 5) is 15.1. The van der Waals surface area contributed by atoms with Gasteiger partial charge in [0.05, 0.1) is 18.8 Å². The predicted molar refractivity (Wildman–Crippen MR) is 107 cm³/mol. The highest BCUT2D eigenvalue weighted by molar-refractivity contribution is 5.91. The molecule has 0 aromatic heterocycles. The molecule has 1 heterocycles. The molecule has 27 heavy (non-hydrogen) atoms. The standard InChI is InChI=1S/C23H22N2O2/c1-27-21-14-8-7-13-20(21)24-23(26)25-16-15-17-9-5-6-12-19(17)22(25)18-10-3-2-4-11-18/h2-14,22H,15-16H2,1H3,(H,24,26)/t22-/m0/s1. The van der Waals surface area contributed by atoms with Crippen LogP contribution in [0.2, 0.25) is 0 Å². The molecule has 0 unspecified atom stereocenters. The van der Waals surface area contributed by atoms with E-state index in [1.807, 2.05) is 53.4 Å². The summed E-state index contributed by atoms with van der Waals surface area (Å²) in [5, 5.41) is 3.02. The third kappa shape index (κ3) is 3.38. The zero-order valence-corrected chi connectivity index (χ0v) is 15.3. The molecule has 1 aliphatic rings. The number of para-hydroxylation sites is 2. The maximum Gasteiger partial charge on any atom is 0.322 e. The Morgan fingerprint density at radius 2 is 1.67 bits per heavy atom. The lowest BCUT2D eigenvalue weighted by Crippen LogP contribution is -2.43. The van der Waals surface area contributed by atoms with Crippen molar-refractivity contribution in [1.29, 1.82) is 0 Å². The highest BCUT2D eigenvalue weighted by Crippen LogP contribution is 2.35. The lowest BCUT2D eigenvalue weighted by Gasteiger charge is -2.37. The number of hydrogen-bond donors (Lipinski definition) is 1. The lowest BCUT2D eigenvalue weighted by molar-refractivity contribution is 0.194. The maximum atomic E-state index is 13.2. The highest BCUT2D eigenvalue weighted by Gasteiger charge is 2.32. The van der Waals surface area contributed by atoms with E-state index in [2.05, 4.69) is 35.6 Å². The minimum Gasteiger partial charge on any atom is -0.495 e. The van der Waals surface area contributed by atoms with Gasteiger partial charge in [-0.1, -0.05) is 66.7 Å². The maximum absolute atomic E-state index is 13.2. The summed E-state index contributed by atoms with van der Waals surface area (Å²) in [7, 11) is 1.61. The fourth-order valence-electron chi connectivity index (χ4n) is 3.72. The number of urea groups is 1. The van der Waals surface area contributed by atoms with Crippen LogP contribution >= 0.6 is 0 Å². The van der Waals surface area contributed by atoms with Gasteiger partial charge in [0.25, 0.3) is 0 Å². The number of hydrogen-bond acceptors (Lipinski definition) is 2. The Balaban J connectivity index is 1.69. The number of anilines is 1. The number of carbonyl (C=O) groups is 1. The first-order valence-corrected chi connectivity index (χ1v) is 9.11. The zero-order valence-electron chi connectivity index (χ0n) is 15.3. The van der Waals surface area contributed by atoms with Gasteiger partial charge in [-0.25, -0.2) is 4.79 Å². The molecule has 0 aliphatic carbocycles. The van der Waals surface area contributed by atoms with E-state index in [0.29, 0.717) is 18.0 Å². The summed E-state index contributed by atoms with van der Waals surface area (Å²) in [6.07, 6.45) is 0.846. The van der Waals surface area contributed by atoms with Crippen LogP contribution < -0.4 is 10.1 Å². The van der Waals surface area contributed by atoms with E-state index in [0.717, 1.165) is 12.0 Å².